The van der Waals surface area contributed by atoms with Crippen molar-refractivity contribution in [1.82, 2.24) is 10.3 Å². The number of aromatic nitrogens is 1. The number of esters is 2. The first-order valence-electron chi connectivity index (χ1n) is 11.4. The zero-order chi connectivity index (χ0) is 23.8. The van der Waals surface area contributed by atoms with Crippen LogP contribution < -0.4 is 5.32 Å². The average Bonchev–Trinajstić information content (AvgIpc) is 2.71. The second-order valence-electron chi connectivity index (χ2n) is 7.77. The minimum Gasteiger partial charge on any atom is -0.466 e. The van der Waals surface area contributed by atoms with Gasteiger partial charge in [-0.2, -0.15) is 0 Å². The monoisotopic (exact) mass is 444 g/mol. The van der Waals surface area contributed by atoms with Crippen LogP contribution >= 0.6 is 0 Å². The number of nitrogens with one attached hydrogen (secondary N) is 1. The van der Waals surface area contributed by atoms with Gasteiger partial charge in [0.15, 0.2) is 0 Å². The Kier molecular flexibility index (Phi) is 12.7. The van der Waals surface area contributed by atoms with Gasteiger partial charge in [0.1, 0.15) is 11.4 Å². The van der Waals surface area contributed by atoms with Crippen LogP contribution in [0.5, 0.6) is 0 Å². The molecule has 0 aromatic carbocycles. The van der Waals surface area contributed by atoms with E-state index in [1.54, 1.807) is 18.2 Å². The lowest BCUT2D eigenvalue weighted by atomic mass is 10.0. The van der Waals surface area contributed by atoms with Crippen LogP contribution in [0.25, 0.3) is 0 Å². The van der Waals surface area contributed by atoms with Crippen LogP contribution in [0.15, 0.2) is 18.2 Å². The molecule has 176 valence electrons. The Labute approximate surface area is 191 Å². The smallest absolute Gasteiger partial charge is 0.305 e. The van der Waals surface area contributed by atoms with Gasteiger partial charge in [-0.1, -0.05) is 57.4 Å². The van der Waals surface area contributed by atoms with Gasteiger partial charge in [0, 0.05) is 33.6 Å². The van der Waals surface area contributed by atoms with Crippen molar-refractivity contribution in [3.05, 3.63) is 29.6 Å². The Morgan fingerprint density at radius 2 is 1.69 bits per heavy atom. The van der Waals surface area contributed by atoms with Crippen LogP contribution in [0.2, 0.25) is 0 Å². The summed E-state index contributed by atoms with van der Waals surface area (Å²) in [4.78, 5) is 39.4. The van der Waals surface area contributed by atoms with E-state index in [-0.39, 0.29) is 13.0 Å². The summed E-state index contributed by atoms with van der Waals surface area (Å²) in [5, 5.41) is 2.66. The molecule has 1 aromatic heterocycles. The van der Waals surface area contributed by atoms with Gasteiger partial charge in [-0.3, -0.25) is 14.4 Å². The van der Waals surface area contributed by atoms with Crippen molar-refractivity contribution in [2.24, 2.45) is 0 Å². The fraction of sp³-hybridized carbons (Fsp3) is 0.600. The zero-order valence-corrected chi connectivity index (χ0v) is 19.8. The first-order valence-corrected chi connectivity index (χ1v) is 11.4. The maximum absolute atomic E-state index is 11.9. The van der Waals surface area contributed by atoms with Crippen LogP contribution in [0.3, 0.4) is 0 Å². The molecule has 1 heterocycles. The van der Waals surface area contributed by atoms with Crippen molar-refractivity contribution in [1.29, 1.82) is 0 Å². The highest BCUT2D eigenvalue weighted by Gasteiger charge is 2.38. The molecule has 1 aromatic rings. The van der Waals surface area contributed by atoms with E-state index < -0.39 is 23.6 Å². The van der Waals surface area contributed by atoms with E-state index in [4.69, 9.17) is 9.47 Å². The van der Waals surface area contributed by atoms with E-state index in [0.717, 1.165) is 12.8 Å². The first kappa shape index (κ1) is 27.2. The molecule has 0 radical (unpaired) electrons. The molecule has 1 amide bonds. The van der Waals surface area contributed by atoms with E-state index in [0.29, 0.717) is 11.4 Å². The maximum Gasteiger partial charge on any atom is 0.305 e. The van der Waals surface area contributed by atoms with Gasteiger partial charge in [0.05, 0.1) is 6.61 Å². The normalized spacial score (nSPS) is 12.1. The SMILES string of the molecule is CCCCCCCCCC#Cc1cccc(C(CCOC(C)=O)(NC(C)=O)OC(C)=O)n1. The molecule has 7 nitrogen and oxygen atoms in total. The number of nitrogens with zero attached hydrogens (tertiary/aromatic N) is 1. The number of hydrogen-bond acceptors (Lipinski definition) is 6. The van der Waals surface area contributed by atoms with Crippen LogP contribution in [0, 0.1) is 11.8 Å². The van der Waals surface area contributed by atoms with Gasteiger partial charge < -0.3 is 14.8 Å². The van der Waals surface area contributed by atoms with Crippen LogP contribution in [-0.2, 0) is 29.6 Å². The lowest BCUT2D eigenvalue weighted by molar-refractivity contribution is -0.169. The number of amides is 1. The van der Waals surface area contributed by atoms with E-state index >= 15 is 0 Å². The summed E-state index contributed by atoms with van der Waals surface area (Å²) in [5.74, 6) is 4.72. The summed E-state index contributed by atoms with van der Waals surface area (Å²) in [6.45, 7) is 6.00. The van der Waals surface area contributed by atoms with Crippen molar-refractivity contribution in [3.63, 3.8) is 0 Å². The molecule has 7 heteroatoms. The van der Waals surface area contributed by atoms with Crippen molar-refractivity contribution in [2.45, 2.75) is 91.2 Å². The average molecular weight is 445 g/mol. The van der Waals surface area contributed by atoms with Gasteiger partial charge >= 0.3 is 11.9 Å². The lowest BCUT2D eigenvalue weighted by Gasteiger charge is -2.33. The molecular formula is C25H36N2O5. The Hall–Kier alpha value is -2.88. The molecule has 0 aliphatic rings. The third-order valence-electron chi connectivity index (χ3n) is 4.74. The molecule has 0 spiro atoms. The minimum atomic E-state index is -1.55. The third kappa shape index (κ3) is 10.9. The van der Waals surface area contributed by atoms with Gasteiger partial charge in [0.2, 0.25) is 11.6 Å². The van der Waals surface area contributed by atoms with Crippen molar-refractivity contribution in [2.75, 3.05) is 6.61 Å². The predicted molar refractivity (Wildman–Crippen MR) is 122 cm³/mol. The maximum atomic E-state index is 11.9. The highest BCUT2D eigenvalue weighted by Crippen LogP contribution is 2.26. The molecule has 1 atom stereocenters. The highest BCUT2D eigenvalue weighted by molar-refractivity contribution is 5.75. The van der Waals surface area contributed by atoms with E-state index in [2.05, 4.69) is 29.1 Å². The fourth-order valence-electron chi connectivity index (χ4n) is 3.30. The lowest BCUT2D eigenvalue weighted by Crippen LogP contribution is -2.49. The summed E-state index contributed by atoms with van der Waals surface area (Å²) >= 11 is 0. The molecule has 0 bridgehead atoms. The van der Waals surface area contributed by atoms with Crippen molar-refractivity contribution < 1.29 is 23.9 Å². The largest absolute Gasteiger partial charge is 0.466 e. The van der Waals surface area contributed by atoms with Crippen molar-refractivity contribution in [3.8, 4) is 11.8 Å². The molecule has 32 heavy (non-hydrogen) atoms. The zero-order valence-electron chi connectivity index (χ0n) is 19.8. The van der Waals surface area contributed by atoms with E-state index in [9.17, 15) is 14.4 Å². The summed E-state index contributed by atoms with van der Waals surface area (Å²) < 4.78 is 10.5. The molecule has 1 rings (SSSR count). The fourth-order valence-corrected chi connectivity index (χ4v) is 3.30. The van der Waals surface area contributed by atoms with Crippen molar-refractivity contribution >= 4 is 17.8 Å². The molecule has 1 unspecified atom stereocenters. The standard InChI is InChI=1S/C25H36N2O5/c1-5-6-7-8-9-10-11-12-13-15-23-16-14-17-24(26-23)25(27-20(2)28,32-22(4)30)18-19-31-21(3)29/h14,16-17H,5-12,18-19H2,1-4H3,(H,27,28). The molecular weight excluding hydrogens is 408 g/mol. The highest BCUT2D eigenvalue weighted by atomic mass is 16.6. The third-order valence-corrected chi connectivity index (χ3v) is 4.74. The van der Waals surface area contributed by atoms with Crippen LogP contribution in [0.1, 0.15) is 96.9 Å². The Bertz CT molecular complexity index is 794. The summed E-state index contributed by atoms with van der Waals surface area (Å²) in [6, 6.07) is 5.15. The molecule has 0 aliphatic heterocycles. The molecule has 1 N–H and O–H groups in total. The topological polar surface area (TPSA) is 94.6 Å². The summed E-state index contributed by atoms with van der Waals surface area (Å²) in [5.41, 5.74) is -0.721. The molecule has 0 saturated carbocycles. The number of hydrogen-bond donors (Lipinski definition) is 1. The quantitative estimate of drug-likeness (QED) is 0.210. The van der Waals surface area contributed by atoms with Gasteiger partial charge in [-0.15, -0.1) is 0 Å². The predicted octanol–water partition coefficient (Wildman–Crippen LogP) is 4.38. The number of pyridine rings is 1. The number of carbonyl (C=O) groups is 3. The number of carbonyl (C=O) groups excluding carboxylic acids is 3. The van der Waals surface area contributed by atoms with Crippen LogP contribution in [-0.4, -0.2) is 29.4 Å². The summed E-state index contributed by atoms with van der Waals surface area (Å²) in [6.07, 6.45) is 9.39. The second-order valence-corrected chi connectivity index (χ2v) is 7.77. The first-order chi connectivity index (χ1) is 15.3. The molecule has 0 fully saturated rings. The second kappa shape index (κ2) is 15.0. The van der Waals surface area contributed by atoms with E-state index in [1.165, 1.54) is 59.3 Å². The number of unbranched alkanes of at least 4 members (excludes halogenated alkanes) is 7. The van der Waals surface area contributed by atoms with Crippen LogP contribution in [0.4, 0.5) is 0 Å². The number of rotatable bonds is 13. The molecule has 0 saturated heterocycles. The Morgan fingerprint density at radius 3 is 2.31 bits per heavy atom. The Morgan fingerprint density at radius 1 is 1.00 bits per heavy atom. The molecule has 0 aliphatic carbocycles. The number of ether oxygens (including phenoxy) is 2. The Balaban J connectivity index is 2.91. The summed E-state index contributed by atoms with van der Waals surface area (Å²) in [7, 11) is 0. The van der Waals surface area contributed by atoms with Gasteiger partial charge in [-0.25, -0.2) is 4.98 Å². The van der Waals surface area contributed by atoms with E-state index in [1.807, 2.05) is 0 Å². The van der Waals surface area contributed by atoms with Gasteiger partial charge in [0.25, 0.3) is 0 Å². The minimum absolute atomic E-state index is 0.0215. The van der Waals surface area contributed by atoms with Gasteiger partial charge in [-0.05, 0) is 24.5 Å².